The van der Waals surface area contributed by atoms with E-state index in [1.54, 1.807) is 6.07 Å². The van der Waals surface area contributed by atoms with Crippen LogP contribution < -0.4 is 16.0 Å². The molecule has 5 nitrogen and oxygen atoms in total. The highest BCUT2D eigenvalue weighted by atomic mass is 79.9. The number of phenols is 1. The SMILES string of the molecule is NNC(=O)c1ccc(OCc2cccc(Br)c2)cc1O. The van der Waals surface area contributed by atoms with E-state index in [4.69, 9.17) is 10.6 Å². The molecule has 0 aromatic heterocycles. The fourth-order valence-electron chi connectivity index (χ4n) is 1.66. The second-order valence-electron chi connectivity index (χ2n) is 4.07. The van der Waals surface area contributed by atoms with Crippen LogP contribution in [-0.4, -0.2) is 11.0 Å². The molecule has 2 aromatic rings. The summed E-state index contributed by atoms with van der Waals surface area (Å²) in [6.07, 6.45) is 0. The first kappa shape index (κ1) is 14.4. The lowest BCUT2D eigenvalue weighted by molar-refractivity contribution is 0.0951. The van der Waals surface area contributed by atoms with Crippen LogP contribution in [0.2, 0.25) is 0 Å². The van der Waals surface area contributed by atoms with E-state index in [1.165, 1.54) is 12.1 Å². The van der Waals surface area contributed by atoms with Crippen LogP contribution in [0.1, 0.15) is 15.9 Å². The average Bonchev–Trinajstić information content (AvgIpc) is 2.44. The molecule has 1 amide bonds. The Labute approximate surface area is 124 Å². The molecule has 0 aliphatic rings. The number of aromatic hydroxyl groups is 1. The average molecular weight is 337 g/mol. The number of phenolic OH excluding ortho intramolecular Hbond substituents is 1. The molecule has 0 unspecified atom stereocenters. The summed E-state index contributed by atoms with van der Waals surface area (Å²) >= 11 is 3.38. The zero-order valence-corrected chi connectivity index (χ0v) is 12.1. The van der Waals surface area contributed by atoms with Gasteiger partial charge in [-0.2, -0.15) is 0 Å². The van der Waals surface area contributed by atoms with Crippen molar-refractivity contribution in [2.45, 2.75) is 6.61 Å². The molecule has 0 saturated carbocycles. The molecule has 20 heavy (non-hydrogen) atoms. The Hall–Kier alpha value is -2.05. The van der Waals surface area contributed by atoms with Gasteiger partial charge in [0.25, 0.3) is 5.91 Å². The number of carbonyl (C=O) groups excluding carboxylic acids is 1. The summed E-state index contributed by atoms with van der Waals surface area (Å²) in [7, 11) is 0. The number of hydrogen-bond donors (Lipinski definition) is 3. The van der Waals surface area contributed by atoms with Gasteiger partial charge in [0.15, 0.2) is 0 Å². The Kier molecular flexibility index (Phi) is 4.60. The van der Waals surface area contributed by atoms with Crippen LogP contribution >= 0.6 is 15.9 Å². The van der Waals surface area contributed by atoms with E-state index in [0.29, 0.717) is 12.4 Å². The molecule has 0 saturated heterocycles. The minimum absolute atomic E-state index is 0.0994. The first-order valence-corrected chi connectivity index (χ1v) is 6.60. The van der Waals surface area contributed by atoms with Gasteiger partial charge in [0, 0.05) is 10.5 Å². The number of hydrazine groups is 1. The number of amides is 1. The maximum absolute atomic E-state index is 11.3. The number of nitrogen functional groups attached to an aromatic ring is 1. The number of benzene rings is 2. The maximum atomic E-state index is 11.3. The van der Waals surface area contributed by atoms with E-state index in [-0.39, 0.29) is 11.3 Å². The smallest absolute Gasteiger partial charge is 0.268 e. The van der Waals surface area contributed by atoms with Gasteiger partial charge in [-0.3, -0.25) is 10.2 Å². The van der Waals surface area contributed by atoms with Crippen LogP contribution in [-0.2, 0) is 6.61 Å². The normalized spacial score (nSPS) is 10.1. The number of hydrogen-bond acceptors (Lipinski definition) is 4. The summed E-state index contributed by atoms with van der Waals surface area (Å²) in [5.74, 6) is 4.75. The van der Waals surface area contributed by atoms with Crippen molar-refractivity contribution < 1.29 is 14.6 Å². The lowest BCUT2D eigenvalue weighted by Gasteiger charge is -2.09. The number of rotatable bonds is 4. The summed E-state index contributed by atoms with van der Waals surface area (Å²) < 4.78 is 6.52. The highest BCUT2D eigenvalue weighted by Gasteiger charge is 2.10. The molecule has 0 aliphatic heterocycles. The standard InChI is InChI=1S/C14H13BrN2O3/c15-10-3-1-2-9(6-10)8-20-11-4-5-12(13(18)7-11)14(19)17-16/h1-7,18H,8,16H2,(H,17,19). The third kappa shape index (κ3) is 3.49. The Bertz CT molecular complexity index is 632. The van der Waals surface area contributed by atoms with Crippen molar-refractivity contribution in [2.75, 3.05) is 0 Å². The van der Waals surface area contributed by atoms with Crippen molar-refractivity contribution in [3.05, 3.63) is 58.1 Å². The fourth-order valence-corrected chi connectivity index (χ4v) is 2.11. The van der Waals surface area contributed by atoms with Gasteiger partial charge in [-0.25, -0.2) is 5.84 Å². The minimum Gasteiger partial charge on any atom is -0.507 e. The summed E-state index contributed by atoms with van der Waals surface area (Å²) in [5, 5.41) is 9.73. The van der Waals surface area contributed by atoms with Gasteiger partial charge in [-0.15, -0.1) is 0 Å². The number of halogens is 1. The second kappa shape index (κ2) is 6.40. The summed E-state index contributed by atoms with van der Waals surface area (Å²) in [5.41, 5.74) is 3.05. The van der Waals surface area contributed by atoms with Gasteiger partial charge in [-0.05, 0) is 29.8 Å². The van der Waals surface area contributed by atoms with Crippen LogP contribution in [0, 0.1) is 0 Å². The summed E-state index contributed by atoms with van der Waals surface area (Å²) in [6, 6.07) is 12.1. The Morgan fingerprint density at radius 2 is 2.10 bits per heavy atom. The molecule has 0 radical (unpaired) electrons. The second-order valence-corrected chi connectivity index (χ2v) is 4.99. The van der Waals surface area contributed by atoms with E-state index in [9.17, 15) is 9.90 Å². The Morgan fingerprint density at radius 3 is 2.75 bits per heavy atom. The molecule has 2 rings (SSSR count). The molecule has 6 heteroatoms. The molecule has 4 N–H and O–H groups in total. The van der Waals surface area contributed by atoms with Crippen LogP contribution in [0.3, 0.4) is 0 Å². The van der Waals surface area contributed by atoms with Crippen LogP contribution in [0.25, 0.3) is 0 Å². The predicted molar refractivity (Wildman–Crippen MR) is 78.2 cm³/mol. The van der Waals surface area contributed by atoms with E-state index in [1.807, 2.05) is 29.7 Å². The molecule has 0 bridgehead atoms. The molecule has 2 aromatic carbocycles. The summed E-state index contributed by atoms with van der Waals surface area (Å²) in [6.45, 7) is 0.362. The van der Waals surface area contributed by atoms with Crippen molar-refractivity contribution in [1.29, 1.82) is 0 Å². The van der Waals surface area contributed by atoms with Crippen molar-refractivity contribution in [2.24, 2.45) is 5.84 Å². The largest absolute Gasteiger partial charge is 0.507 e. The van der Waals surface area contributed by atoms with E-state index >= 15 is 0 Å². The quantitative estimate of drug-likeness (QED) is 0.454. The van der Waals surface area contributed by atoms with Gasteiger partial charge in [0.2, 0.25) is 0 Å². The Morgan fingerprint density at radius 1 is 1.30 bits per heavy atom. The number of carbonyl (C=O) groups is 1. The van der Waals surface area contributed by atoms with Crippen LogP contribution in [0.4, 0.5) is 0 Å². The lowest BCUT2D eigenvalue weighted by atomic mass is 10.2. The van der Waals surface area contributed by atoms with E-state index in [0.717, 1.165) is 10.0 Å². The number of nitrogens with two attached hydrogens (primary N) is 1. The molecule has 0 atom stereocenters. The first-order valence-electron chi connectivity index (χ1n) is 5.81. The van der Waals surface area contributed by atoms with Gasteiger partial charge in [0.1, 0.15) is 18.1 Å². The fraction of sp³-hybridized carbons (Fsp3) is 0.0714. The van der Waals surface area contributed by atoms with Crippen molar-refractivity contribution in [3.63, 3.8) is 0 Å². The number of nitrogens with one attached hydrogen (secondary N) is 1. The summed E-state index contributed by atoms with van der Waals surface area (Å²) in [4.78, 5) is 11.3. The molecule has 0 spiro atoms. The zero-order chi connectivity index (χ0) is 14.5. The molecule has 0 aliphatic carbocycles. The topological polar surface area (TPSA) is 84.6 Å². The van der Waals surface area contributed by atoms with Crippen molar-refractivity contribution in [3.8, 4) is 11.5 Å². The highest BCUT2D eigenvalue weighted by molar-refractivity contribution is 9.10. The molecular formula is C14H13BrN2O3. The van der Waals surface area contributed by atoms with Gasteiger partial charge in [0.05, 0.1) is 5.56 Å². The maximum Gasteiger partial charge on any atom is 0.268 e. The molecule has 104 valence electrons. The number of ether oxygens (including phenoxy) is 1. The van der Waals surface area contributed by atoms with Crippen LogP contribution in [0.15, 0.2) is 46.9 Å². The van der Waals surface area contributed by atoms with Crippen LogP contribution in [0.5, 0.6) is 11.5 Å². The highest BCUT2D eigenvalue weighted by Crippen LogP contribution is 2.24. The van der Waals surface area contributed by atoms with Crippen molar-refractivity contribution in [1.82, 2.24) is 5.43 Å². The van der Waals surface area contributed by atoms with Crippen molar-refractivity contribution >= 4 is 21.8 Å². The van der Waals surface area contributed by atoms with E-state index < -0.39 is 5.91 Å². The minimum atomic E-state index is -0.555. The van der Waals surface area contributed by atoms with Gasteiger partial charge in [-0.1, -0.05) is 28.1 Å². The molecule has 0 heterocycles. The third-order valence-corrected chi connectivity index (χ3v) is 3.13. The van der Waals surface area contributed by atoms with Gasteiger partial charge < -0.3 is 9.84 Å². The lowest BCUT2D eigenvalue weighted by Crippen LogP contribution is -2.29. The first-order chi connectivity index (χ1) is 9.60. The van der Waals surface area contributed by atoms with Gasteiger partial charge >= 0.3 is 0 Å². The molecular weight excluding hydrogens is 324 g/mol. The van der Waals surface area contributed by atoms with E-state index in [2.05, 4.69) is 15.9 Å². The third-order valence-electron chi connectivity index (χ3n) is 2.64. The predicted octanol–water partition coefficient (Wildman–Crippen LogP) is 2.34. The monoisotopic (exact) mass is 336 g/mol. The zero-order valence-electron chi connectivity index (χ0n) is 10.5. The molecule has 0 fully saturated rings. The Balaban J connectivity index is 2.07.